The van der Waals surface area contributed by atoms with E-state index in [1.807, 2.05) is 47.9 Å². The van der Waals surface area contributed by atoms with Gasteiger partial charge < -0.3 is 9.47 Å². The second-order valence-electron chi connectivity index (χ2n) is 8.74. The van der Waals surface area contributed by atoms with Gasteiger partial charge in [-0.05, 0) is 48.7 Å². The number of halogens is 2. The number of carbonyl (C=O) groups is 1. The lowest BCUT2D eigenvalue weighted by molar-refractivity contribution is 0.0716. The third kappa shape index (κ3) is 5.09. The first-order chi connectivity index (χ1) is 15.8. The highest BCUT2D eigenvalue weighted by atomic mass is 35.5. The van der Waals surface area contributed by atoms with E-state index in [0.717, 1.165) is 16.6 Å². The predicted molar refractivity (Wildman–Crippen MR) is 131 cm³/mol. The Morgan fingerprint density at radius 3 is 2.55 bits per heavy atom. The zero-order valence-electron chi connectivity index (χ0n) is 19.1. The van der Waals surface area contributed by atoms with Crippen molar-refractivity contribution < 1.29 is 9.18 Å². The highest BCUT2D eigenvalue weighted by molar-refractivity contribution is 6.31. The number of amides is 1. The van der Waals surface area contributed by atoms with Gasteiger partial charge in [-0.25, -0.2) is 9.37 Å². The minimum absolute atomic E-state index is 0.102. The second kappa shape index (κ2) is 9.75. The molecule has 0 bridgehead atoms. The fourth-order valence-electron chi connectivity index (χ4n) is 3.96. The molecule has 0 unspecified atom stereocenters. The molecule has 4 rings (SSSR count). The summed E-state index contributed by atoms with van der Waals surface area (Å²) in [4.78, 5) is 20.1. The molecule has 0 saturated heterocycles. The van der Waals surface area contributed by atoms with E-state index < -0.39 is 0 Å². The SMILES string of the molecule is Cc1ccc(C(=O)N(Cc2nc3ccccc3n2Cc2ccccc2F)CC(C)C)cc1Cl. The van der Waals surface area contributed by atoms with E-state index >= 15 is 0 Å². The van der Waals surface area contributed by atoms with Crippen molar-refractivity contribution in [2.75, 3.05) is 6.54 Å². The molecule has 0 spiro atoms. The summed E-state index contributed by atoms with van der Waals surface area (Å²) in [7, 11) is 0. The summed E-state index contributed by atoms with van der Waals surface area (Å²) >= 11 is 6.29. The average Bonchev–Trinajstić information content (AvgIpc) is 3.13. The summed E-state index contributed by atoms with van der Waals surface area (Å²) in [5, 5.41) is 0.567. The van der Waals surface area contributed by atoms with Crippen LogP contribution >= 0.6 is 11.6 Å². The van der Waals surface area contributed by atoms with Crippen LogP contribution in [0.1, 0.15) is 41.2 Å². The summed E-state index contributed by atoms with van der Waals surface area (Å²) in [6.07, 6.45) is 0. The average molecular weight is 464 g/mol. The molecule has 0 fully saturated rings. The molecule has 0 aliphatic heterocycles. The van der Waals surface area contributed by atoms with E-state index in [1.165, 1.54) is 6.07 Å². The first-order valence-electron chi connectivity index (χ1n) is 11.1. The van der Waals surface area contributed by atoms with Crippen LogP contribution in [0.4, 0.5) is 4.39 Å². The van der Waals surface area contributed by atoms with E-state index in [2.05, 4.69) is 13.8 Å². The lowest BCUT2D eigenvalue weighted by Gasteiger charge is -2.25. The number of nitrogens with zero attached hydrogens (tertiary/aromatic N) is 3. The van der Waals surface area contributed by atoms with Crippen molar-refractivity contribution in [3.05, 3.63) is 100 Å². The number of hydrogen-bond donors (Lipinski definition) is 0. The smallest absolute Gasteiger partial charge is 0.254 e. The topological polar surface area (TPSA) is 38.1 Å². The standard InChI is InChI=1S/C27H27ClFN3O/c1-18(2)15-31(27(33)20-13-12-19(3)22(28)14-20)17-26-30-24-10-6-7-11-25(24)32(26)16-21-8-4-5-9-23(21)29/h4-14,18H,15-17H2,1-3H3. The molecule has 4 aromatic rings. The third-order valence-corrected chi connectivity index (χ3v) is 6.05. The van der Waals surface area contributed by atoms with Gasteiger partial charge in [-0.15, -0.1) is 0 Å². The van der Waals surface area contributed by atoms with Gasteiger partial charge in [0.2, 0.25) is 0 Å². The van der Waals surface area contributed by atoms with E-state index in [-0.39, 0.29) is 17.6 Å². The number of aromatic nitrogens is 2. The van der Waals surface area contributed by atoms with Crippen LogP contribution in [-0.2, 0) is 13.1 Å². The van der Waals surface area contributed by atoms with Gasteiger partial charge in [0.25, 0.3) is 5.91 Å². The molecule has 3 aromatic carbocycles. The van der Waals surface area contributed by atoms with Gasteiger partial charge in [0.1, 0.15) is 11.6 Å². The highest BCUT2D eigenvalue weighted by Crippen LogP contribution is 2.23. The number of imidazole rings is 1. The van der Waals surface area contributed by atoms with Crippen LogP contribution in [0.2, 0.25) is 5.02 Å². The van der Waals surface area contributed by atoms with Gasteiger partial charge in [-0.1, -0.05) is 61.8 Å². The first kappa shape index (κ1) is 23.0. The van der Waals surface area contributed by atoms with Gasteiger partial charge in [0, 0.05) is 22.7 Å². The molecule has 170 valence electrons. The summed E-state index contributed by atoms with van der Waals surface area (Å²) in [6, 6.07) is 19.9. The maximum atomic E-state index is 14.5. The zero-order valence-corrected chi connectivity index (χ0v) is 19.8. The van der Waals surface area contributed by atoms with E-state index in [0.29, 0.717) is 41.6 Å². The molecular formula is C27H27ClFN3O. The Hall–Kier alpha value is -3.18. The molecular weight excluding hydrogens is 437 g/mol. The fraction of sp³-hybridized carbons (Fsp3) is 0.259. The van der Waals surface area contributed by atoms with Crippen LogP contribution < -0.4 is 0 Å². The zero-order chi connectivity index (χ0) is 23.5. The van der Waals surface area contributed by atoms with Gasteiger partial charge >= 0.3 is 0 Å². The van der Waals surface area contributed by atoms with Gasteiger partial charge in [0.05, 0.1) is 24.1 Å². The summed E-state index contributed by atoms with van der Waals surface area (Å²) in [6.45, 7) is 7.27. The Bertz CT molecular complexity index is 1300. The van der Waals surface area contributed by atoms with Gasteiger partial charge in [-0.3, -0.25) is 4.79 Å². The Labute approximate surface area is 198 Å². The number of hydrogen-bond acceptors (Lipinski definition) is 2. The number of rotatable bonds is 7. The lowest BCUT2D eigenvalue weighted by Crippen LogP contribution is -2.34. The molecule has 0 radical (unpaired) electrons. The lowest BCUT2D eigenvalue weighted by atomic mass is 10.1. The molecule has 0 aliphatic rings. The molecule has 1 amide bonds. The van der Waals surface area contributed by atoms with Gasteiger partial charge in [0.15, 0.2) is 0 Å². The minimum atomic E-state index is -0.259. The quantitative estimate of drug-likeness (QED) is 0.314. The van der Waals surface area contributed by atoms with E-state index in [9.17, 15) is 9.18 Å². The largest absolute Gasteiger partial charge is 0.331 e. The number of para-hydroxylation sites is 2. The Kier molecular flexibility index (Phi) is 6.80. The summed E-state index contributed by atoms with van der Waals surface area (Å²) < 4.78 is 16.5. The Morgan fingerprint density at radius 2 is 1.82 bits per heavy atom. The van der Waals surface area contributed by atoms with Crippen LogP contribution in [-0.4, -0.2) is 26.9 Å². The van der Waals surface area contributed by atoms with Crippen LogP contribution in [0, 0.1) is 18.7 Å². The van der Waals surface area contributed by atoms with Crippen molar-refractivity contribution >= 4 is 28.5 Å². The minimum Gasteiger partial charge on any atom is -0.331 e. The van der Waals surface area contributed by atoms with Crippen molar-refractivity contribution in [1.29, 1.82) is 0 Å². The second-order valence-corrected chi connectivity index (χ2v) is 9.14. The molecule has 0 N–H and O–H groups in total. The first-order valence-corrected chi connectivity index (χ1v) is 11.4. The molecule has 33 heavy (non-hydrogen) atoms. The maximum absolute atomic E-state index is 14.5. The van der Waals surface area contributed by atoms with Crippen LogP contribution in [0.5, 0.6) is 0 Å². The van der Waals surface area contributed by atoms with Crippen molar-refractivity contribution in [2.45, 2.75) is 33.9 Å². The monoisotopic (exact) mass is 463 g/mol. The molecule has 0 saturated carbocycles. The van der Waals surface area contributed by atoms with Crippen LogP contribution in [0.3, 0.4) is 0 Å². The maximum Gasteiger partial charge on any atom is 0.254 e. The number of carbonyl (C=O) groups excluding carboxylic acids is 1. The van der Waals surface area contributed by atoms with Crippen LogP contribution in [0.15, 0.2) is 66.7 Å². The normalized spacial score (nSPS) is 11.3. The van der Waals surface area contributed by atoms with Crippen molar-refractivity contribution in [3.63, 3.8) is 0 Å². The fourth-order valence-corrected chi connectivity index (χ4v) is 4.14. The van der Waals surface area contributed by atoms with Crippen molar-refractivity contribution in [3.8, 4) is 0 Å². The predicted octanol–water partition coefficient (Wildman–Crippen LogP) is 6.48. The number of benzene rings is 3. The summed E-state index contributed by atoms with van der Waals surface area (Å²) in [5.41, 5.74) is 3.78. The molecule has 1 heterocycles. The highest BCUT2D eigenvalue weighted by Gasteiger charge is 2.22. The van der Waals surface area contributed by atoms with E-state index in [1.54, 1.807) is 29.2 Å². The summed E-state index contributed by atoms with van der Waals surface area (Å²) in [5.74, 6) is 0.617. The van der Waals surface area contributed by atoms with Crippen molar-refractivity contribution in [1.82, 2.24) is 14.5 Å². The molecule has 0 atom stereocenters. The van der Waals surface area contributed by atoms with E-state index in [4.69, 9.17) is 16.6 Å². The Balaban J connectivity index is 1.73. The molecule has 6 heteroatoms. The molecule has 1 aromatic heterocycles. The third-order valence-electron chi connectivity index (χ3n) is 5.64. The molecule has 0 aliphatic carbocycles. The van der Waals surface area contributed by atoms with Crippen LogP contribution in [0.25, 0.3) is 11.0 Å². The molecule has 4 nitrogen and oxygen atoms in total. The number of aryl methyl sites for hydroxylation is 1. The Morgan fingerprint density at radius 1 is 1.09 bits per heavy atom. The number of fused-ring (bicyclic) bond motifs is 1. The van der Waals surface area contributed by atoms with Crippen molar-refractivity contribution in [2.24, 2.45) is 5.92 Å². The van der Waals surface area contributed by atoms with Gasteiger partial charge in [-0.2, -0.15) is 0 Å².